The molecule has 0 saturated heterocycles. The van der Waals surface area contributed by atoms with E-state index in [0.717, 1.165) is 0 Å². The molecule has 0 heterocycles. The van der Waals surface area contributed by atoms with Crippen LogP contribution in [0.5, 0.6) is 0 Å². The van der Waals surface area contributed by atoms with Crippen molar-refractivity contribution in [2.45, 2.75) is 19.9 Å². The van der Waals surface area contributed by atoms with Crippen molar-refractivity contribution >= 4 is 17.6 Å². The Labute approximate surface area is 104 Å². The van der Waals surface area contributed by atoms with E-state index in [1.807, 2.05) is 0 Å². The third-order valence-corrected chi connectivity index (χ3v) is 2.36. The molecule has 5 nitrogen and oxygen atoms in total. The number of hydrogen-bond acceptors (Lipinski definition) is 3. The zero-order valence-electron chi connectivity index (χ0n) is 10.2. The monoisotopic (exact) mass is 254 g/mol. The summed E-state index contributed by atoms with van der Waals surface area (Å²) in [5.41, 5.74) is 0.979. The Kier molecular flexibility index (Phi) is 4.65. The number of anilines is 1. The van der Waals surface area contributed by atoms with Crippen LogP contribution in [0.3, 0.4) is 0 Å². The fourth-order valence-electron chi connectivity index (χ4n) is 1.37. The number of aryl methyl sites for hydroxylation is 1. The van der Waals surface area contributed by atoms with E-state index < -0.39 is 17.9 Å². The van der Waals surface area contributed by atoms with Gasteiger partial charge in [0.05, 0.1) is 0 Å². The zero-order chi connectivity index (χ0) is 13.7. The molecule has 1 atom stereocenters. The van der Waals surface area contributed by atoms with Crippen molar-refractivity contribution in [2.75, 3.05) is 11.9 Å². The fraction of sp³-hybridized carbons (Fsp3) is 0.333. The average Bonchev–Trinajstić information content (AvgIpc) is 2.28. The van der Waals surface area contributed by atoms with Gasteiger partial charge in [0.25, 0.3) is 0 Å². The second kappa shape index (κ2) is 6.00. The van der Waals surface area contributed by atoms with Crippen LogP contribution in [0.1, 0.15) is 12.5 Å². The van der Waals surface area contributed by atoms with Crippen LogP contribution < -0.4 is 10.6 Å². The molecule has 3 N–H and O–H groups in total. The molecular weight excluding hydrogens is 239 g/mol. The van der Waals surface area contributed by atoms with Crippen LogP contribution in [0.2, 0.25) is 0 Å². The molecule has 0 spiro atoms. The summed E-state index contributed by atoms with van der Waals surface area (Å²) >= 11 is 0. The number of nitrogens with one attached hydrogen (secondary N) is 2. The summed E-state index contributed by atoms with van der Waals surface area (Å²) in [7, 11) is 0. The molecule has 0 aliphatic rings. The van der Waals surface area contributed by atoms with Gasteiger partial charge in [0.2, 0.25) is 5.91 Å². The first-order chi connectivity index (χ1) is 8.40. The maximum atomic E-state index is 13.2. The number of aliphatic carboxylic acids is 1. The summed E-state index contributed by atoms with van der Waals surface area (Å²) in [5, 5.41) is 13.9. The highest BCUT2D eigenvalue weighted by Crippen LogP contribution is 2.13. The van der Waals surface area contributed by atoms with Crippen LogP contribution in [0, 0.1) is 12.7 Å². The molecule has 0 aliphatic heterocycles. The first-order valence-electron chi connectivity index (χ1n) is 5.40. The van der Waals surface area contributed by atoms with Crippen LogP contribution >= 0.6 is 0 Å². The second-order valence-corrected chi connectivity index (χ2v) is 3.94. The molecule has 0 saturated carbocycles. The number of rotatable bonds is 5. The summed E-state index contributed by atoms with van der Waals surface area (Å²) in [6.45, 7) is 2.86. The minimum absolute atomic E-state index is 0.0165. The van der Waals surface area contributed by atoms with E-state index >= 15 is 0 Å². The van der Waals surface area contributed by atoms with Crippen molar-refractivity contribution in [1.82, 2.24) is 5.32 Å². The Morgan fingerprint density at radius 1 is 1.44 bits per heavy atom. The molecule has 6 heteroatoms. The van der Waals surface area contributed by atoms with Crippen LogP contribution in [0.4, 0.5) is 10.1 Å². The second-order valence-electron chi connectivity index (χ2n) is 3.94. The van der Waals surface area contributed by atoms with Crippen LogP contribution in [-0.2, 0) is 9.59 Å². The van der Waals surface area contributed by atoms with Crippen molar-refractivity contribution in [3.63, 3.8) is 0 Å². The number of carboxylic acid groups (broad SMARTS) is 1. The van der Waals surface area contributed by atoms with E-state index in [4.69, 9.17) is 5.11 Å². The van der Waals surface area contributed by atoms with Crippen LogP contribution in [0.25, 0.3) is 0 Å². The quantitative estimate of drug-likeness (QED) is 0.736. The van der Waals surface area contributed by atoms with Gasteiger partial charge >= 0.3 is 5.97 Å². The summed E-state index contributed by atoms with van der Waals surface area (Å²) in [5.74, 6) is -1.95. The predicted octanol–water partition coefficient (Wildman–Crippen LogP) is 1.14. The highest BCUT2D eigenvalue weighted by atomic mass is 19.1. The fourth-order valence-corrected chi connectivity index (χ4v) is 1.37. The Morgan fingerprint density at radius 3 is 2.61 bits per heavy atom. The van der Waals surface area contributed by atoms with Gasteiger partial charge in [-0.25, -0.2) is 9.18 Å². The van der Waals surface area contributed by atoms with Crippen molar-refractivity contribution in [2.24, 2.45) is 0 Å². The topological polar surface area (TPSA) is 78.4 Å². The standard InChI is InChI=1S/C12H15FN2O3/c1-7-3-4-9(5-10(7)13)14-6-11(12(17)18)15-8(2)16/h3-5,11,14H,6H2,1-2H3,(H,15,16)(H,17,18). The van der Waals surface area contributed by atoms with Crippen molar-refractivity contribution in [1.29, 1.82) is 0 Å². The lowest BCUT2D eigenvalue weighted by Gasteiger charge is -2.15. The number of hydrogen-bond donors (Lipinski definition) is 3. The molecule has 0 aliphatic carbocycles. The SMILES string of the molecule is CC(=O)NC(CNc1ccc(C)c(F)c1)C(=O)O. The molecule has 0 aromatic heterocycles. The zero-order valence-corrected chi connectivity index (χ0v) is 10.2. The van der Waals surface area contributed by atoms with Crippen LogP contribution in [-0.4, -0.2) is 29.6 Å². The minimum atomic E-state index is -1.15. The third kappa shape index (κ3) is 4.04. The molecular formula is C12H15FN2O3. The maximum absolute atomic E-state index is 13.2. The Hall–Kier alpha value is -2.11. The van der Waals surface area contributed by atoms with E-state index in [9.17, 15) is 14.0 Å². The number of amides is 1. The summed E-state index contributed by atoms with van der Waals surface area (Å²) in [6.07, 6.45) is 0. The van der Waals surface area contributed by atoms with Gasteiger partial charge < -0.3 is 15.7 Å². The highest BCUT2D eigenvalue weighted by Gasteiger charge is 2.17. The summed E-state index contributed by atoms with van der Waals surface area (Å²) in [4.78, 5) is 21.7. The molecule has 0 radical (unpaired) electrons. The minimum Gasteiger partial charge on any atom is -0.480 e. The van der Waals surface area contributed by atoms with Gasteiger partial charge in [-0.3, -0.25) is 4.79 Å². The normalized spacial score (nSPS) is 11.7. The predicted molar refractivity (Wildman–Crippen MR) is 64.9 cm³/mol. The molecule has 18 heavy (non-hydrogen) atoms. The van der Waals surface area contributed by atoms with Gasteiger partial charge in [-0.1, -0.05) is 6.07 Å². The van der Waals surface area contributed by atoms with E-state index in [1.54, 1.807) is 19.1 Å². The maximum Gasteiger partial charge on any atom is 0.328 e. The lowest BCUT2D eigenvalue weighted by atomic mass is 10.2. The summed E-state index contributed by atoms with van der Waals surface area (Å²) < 4.78 is 13.2. The molecule has 0 bridgehead atoms. The van der Waals surface area contributed by atoms with Crippen LogP contribution in [0.15, 0.2) is 18.2 Å². The van der Waals surface area contributed by atoms with Gasteiger partial charge in [-0.05, 0) is 24.6 Å². The smallest absolute Gasteiger partial charge is 0.328 e. The molecule has 1 rings (SSSR count). The Morgan fingerprint density at radius 2 is 2.11 bits per heavy atom. The Bertz CT molecular complexity index is 463. The van der Waals surface area contributed by atoms with Gasteiger partial charge in [-0.2, -0.15) is 0 Å². The number of benzene rings is 1. The van der Waals surface area contributed by atoms with Gasteiger partial charge in [-0.15, -0.1) is 0 Å². The van der Waals surface area contributed by atoms with E-state index in [1.165, 1.54) is 13.0 Å². The average molecular weight is 254 g/mol. The summed E-state index contributed by atoms with van der Waals surface area (Å²) in [6, 6.07) is 3.46. The molecule has 98 valence electrons. The van der Waals surface area contributed by atoms with E-state index in [0.29, 0.717) is 11.3 Å². The van der Waals surface area contributed by atoms with Gasteiger partial charge in [0.15, 0.2) is 0 Å². The highest BCUT2D eigenvalue weighted by molar-refractivity contribution is 5.82. The molecule has 1 aromatic rings. The largest absolute Gasteiger partial charge is 0.480 e. The molecule has 0 fully saturated rings. The number of carbonyl (C=O) groups is 2. The van der Waals surface area contributed by atoms with Gasteiger partial charge in [0, 0.05) is 19.2 Å². The number of halogens is 1. The first-order valence-corrected chi connectivity index (χ1v) is 5.40. The molecule has 1 amide bonds. The number of carbonyl (C=O) groups excluding carboxylic acids is 1. The first kappa shape index (κ1) is 14.0. The molecule has 1 aromatic carbocycles. The number of carboxylic acids is 1. The van der Waals surface area contributed by atoms with E-state index in [-0.39, 0.29) is 12.4 Å². The van der Waals surface area contributed by atoms with Crippen molar-refractivity contribution < 1.29 is 19.1 Å². The van der Waals surface area contributed by atoms with Crippen molar-refractivity contribution in [3.8, 4) is 0 Å². The molecule has 1 unspecified atom stereocenters. The Balaban J connectivity index is 2.64. The lowest BCUT2D eigenvalue weighted by molar-refractivity contribution is -0.141. The van der Waals surface area contributed by atoms with Crippen molar-refractivity contribution in [3.05, 3.63) is 29.6 Å². The van der Waals surface area contributed by atoms with E-state index in [2.05, 4.69) is 10.6 Å². The van der Waals surface area contributed by atoms with Gasteiger partial charge in [0.1, 0.15) is 11.9 Å². The lowest BCUT2D eigenvalue weighted by Crippen LogP contribution is -2.44. The third-order valence-electron chi connectivity index (χ3n) is 2.36.